The van der Waals surface area contributed by atoms with Gasteiger partial charge in [-0.2, -0.15) is 0 Å². The number of ether oxygens (including phenoxy) is 2. The van der Waals surface area contributed by atoms with Gasteiger partial charge in [-0.3, -0.25) is 9.88 Å². The van der Waals surface area contributed by atoms with Crippen LogP contribution in [0, 0.1) is 0 Å². The molecule has 1 aromatic heterocycles. The molecule has 138 valence electrons. The number of benzene rings is 1. The van der Waals surface area contributed by atoms with Crippen LogP contribution >= 0.6 is 0 Å². The van der Waals surface area contributed by atoms with Gasteiger partial charge in [0.2, 0.25) is 0 Å². The van der Waals surface area contributed by atoms with E-state index >= 15 is 0 Å². The molecular weight excluding hydrogens is 326 g/mol. The molecule has 2 aliphatic rings. The third-order valence-electron chi connectivity index (χ3n) is 5.21. The molecule has 0 amide bonds. The van der Waals surface area contributed by atoms with E-state index in [4.69, 9.17) is 9.47 Å². The quantitative estimate of drug-likeness (QED) is 0.829. The number of hydrogen-bond donors (Lipinski definition) is 1. The molecule has 1 aliphatic heterocycles. The summed E-state index contributed by atoms with van der Waals surface area (Å²) < 4.78 is 11.5. The van der Waals surface area contributed by atoms with Gasteiger partial charge in [0.05, 0.1) is 19.8 Å². The largest absolute Gasteiger partial charge is 0.496 e. The highest BCUT2D eigenvalue weighted by Gasteiger charge is 2.32. The summed E-state index contributed by atoms with van der Waals surface area (Å²) in [6, 6.07) is 11.2. The second-order valence-corrected chi connectivity index (χ2v) is 7.11. The molecule has 0 radical (unpaired) electrons. The van der Waals surface area contributed by atoms with Crippen molar-refractivity contribution in [3.8, 4) is 16.9 Å². The molecule has 2 fully saturated rings. The zero-order valence-corrected chi connectivity index (χ0v) is 15.4. The maximum Gasteiger partial charge on any atom is 0.123 e. The molecule has 1 aliphatic carbocycles. The molecule has 5 nitrogen and oxygen atoms in total. The predicted molar refractivity (Wildman–Crippen MR) is 102 cm³/mol. The average Bonchev–Trinajstić information content (AvgIpc) is 3.54. The van der Waals surface area contributed by atoms with Crippen molar-refractivity contribution in [2.24, 2.45) is 0 Å². The summed E-state index contributed by atoms with van der Waals surface area (Å²) in [5, 5.41) is 3.56. The molecular formula is C21H27N3O2. The summed E-state index contributed by atoms with van der Waals surface area (Å²) >= 11 is 0. The van der Waals surface area contributed by atoms with Crippen molar-refractivity contribution in [2.75, 3.05) is 33.4 Å². The van der Waals surface area contributed by atoms with Gasteiger partial charge in [0.25, 0.3) is 0 Å². The third-order valence-corrected chi connectivity index (χ3v) is 5.21. The van der Waals surface area contributed by atoms with E-state index in [9.17, 15) is 0 Å². The Morgan fingerprint density at radius 2 is 2.04 bits per heavy atom. The molecule has 2 aromatic rings. The predicted octanol–water partition coefficient (Wildman–Crippen LogP) is 2.71. The van der Waals surface area contributed by atoms with Gasteiger partial charge in [-0.05, 0) is 48.2 Å². The van der Waals surface area contributed by atoms with Crippen molar-refractivity contribution in [3.63, 3.8) is 0 Å². The van der Waals surface area contributed by atoms with E-state index in [0.29, 0.717) is 0 Å². The topological polar surface area (TPSA) is 46.6 Å². The van der Waals surface area contributed by atoms with Crippen molar-refractivity contribution in [1.82, 2.24) is 15.2 Å². The van der Waals surface area contributed by atoms with Crippen LogP contribution in [0.15, 0.2) is 42.7 Å². The number of methoxy groups -OCH3 is 1. The minimum atomic E-state index is 0.277. The smallest absolute Gasteiger partial charge is 0.123 e. The highest BCUT2D eigenvalue weighted by Crippen LogP contribution is 2.28. The molecule has 1 unspecified atom stereocenters. The fraction of sp³-hybridized carbons (Fsp3) is 0.476. The first kappa shape index (κ1) is 17.5. The monoisotopic (exact) mass is 353 g/mol. The Kier molecular flexibility index (Phi) is 5.48. The van der Waals surface area contributed by atoms with E-state index in [1.54, 1.807) is 7.11 Å². The van der Waals surface area contributed by atoms with E-state index in [1.807, 2.05) is 30.6 Å². The van der Waals surface area contributed by atoms with Crippen molar-refractivity contribution in [2.45, 2.75) is 31.5 Å². The van der Waals surface area contributed by atoms with Crippen molar-refractivity contribution >= 4 is 0 Å². The number of pyridine rings is 1. The van der Waals surface area contributed by atoms with Crippen molar-refractivity contribution in [3.05, 3.63) is 48.3 Å². The average molecular weight is 353 g/mol. The van der Waals surface area contributed by atoms with Gasteiger partial charge in [-0.1, -0.05) is 6.07 Å². The van der Waals surface area contributed by atoms with Crippen molar-refractivity contribution < 1.29 is 9.47 Å². The van der Waals surface area contributed by atoms with Gasteiger partial charge in [-0.25, -0.2) is 0 Å². The van der Waals surface area contributed by atoms with Crippen LogP contribution in [0.4, 0.5) is 0 Å². The Morgan fingerprint density at radius 1 is 1.19 bits per heavy atom. The Morgan fingerprint density at radius 3 is 2.81 bits per heavy atom. The summed E-state index contributed by atoms with van der Waals surface area (Å²) in [5.74, 6) is 0.916. The van der Waals surface area contributed by atoms with Crippen LogP contribution in [0.3, 0.4) is 0 Å². The van der Waals surface area contributed by atoms with Crippen LogP contribution in [0.1, 0.15) is 18.4 Å². The van der Waals surface area contributed by atoms with Crippen molar-refractivity contribution in [1.29, 1.82) is 0 Å². The molecule has 5 heteroatoms. The lowest BCUT2D eigenvalue weighted by Crippen LogP contribution is -2.47. The van der Waals surface area contributed by atoms with Crippen LogP contribution in [-0.2, 0) is 11.3 Å². The Balaban J connectivity index is 1.37. The second-order valence-electron chi connectivity index (χ2n) is 7.11. The SMILES string of the molecule is COc1ccc(-c2ccncc2)cc1CNCC1CN(C2CC2)CCO1. The number of rotatable bonds is 7. The standard InChI is InChI=1S/C21H27N3O2/c1-25-21-5-2-17(16-6-8-22-9-7-16)12-18(21)13-23-14-20-15-24(10-11-26-20)19-3-4-19/h2,5-9,12,19-20,23H,3-4,10-11,13-15H2,1H3. The van der Waals surface area contributed by atoms with Gasteiger partial charge in [0.15, 0.2) is 0 Å². The third kappa shape index (κ3) is 4.23. The Hall–Kier alpha value is -1.95. The van der Waals surface area contributed by atoms with E-state index in [0.717, 1.165) is 50.1 Å². The van der Waals surface area contributed by atoms with Gasteiger partial charge in [0, 0.05) is 50.2 Å². The summed E-state index contributed by atoms with van der Waals surface area (Å²) in [5.41, 5.74) is 3.51. The Bertz CT molecular complexity index is 718. The fourth-order valence-corrected chi connectivity index (χ4v) is 3.65. The van der Waals surface area contributed by atoms with E-state index in [1.165, 1.54) is 24.0 Å². The van der Waals surface area contributed by atoms with Gasteiger partial charge >= 0.3 is 0 Å². The van der Waals surface area contributed by atoms with Gasteiger partial charge < -0.3 is 14.8 Å². The summed E-state index contributed by atoms with van der Waals surface area (Å²) in [6.45, 7) is 4.62. The van der Waals surface area contributed by atoms with Crippen LogP contribution in [0.2, 0.25) is 0 Å². The van der Waals surface area contributed by atoms with Gasteiger partial charge in [-0.15, -0.1) is 0 Å². The lowest BCUT2D eigenvalue weighted by Gasteiger charge is -2.33. The first-order chi connectivity index (χ1) is 12.8. The fourth-order valence-electron chi connectivity index (χ4n) is 3.65. The normalized spacial score (nSPS) is 20.9. The highest BCUT2D eigenvalue weighted by atomic mass is 16.5. The molecule has 0 spiro atoms. The van der Waals surface area contributed by atoms with E-state index < -0.39 is 0 Å². The summed E-state index contributed by atoms with van der Waals surface area (Å²) in [4.78, 5) is 6.68. The zero-order chi connectivity index (χ0) is 17.8. The number of morpholine rings is 1. The molecule has 1 saturated heterocycles. The maximum atomic E-state index is 5.93. The minimum Gasteiger partial charge on any atom is -0.496 e. The molecule has 4 rings (SSSR count). The highest BCUT2D eigenvalue weighted by molar-refractivity contribution is 5.65. The van der Waals surface area contributed by atoms with Crippen LogP contribution in [0.5, 0.6) is 5.75 Å². The molecule has 26 heavy (non-hydrogen) atoms. The molecule has 0 bridgehead atoms. The van der Waals surface area contributed by atoms with E-state index in [2.05, 4.69) is 27.3 Å². The lowest BCUT2D eigenvalue weighted by atomic mass is 10.0. The van der Waals surface area contributed by atoms with E-state index in [-0.39, 0.29) is 6.10 Å². The summed E-state index contributed by atoms with van der Waals surface area (Å²) in [6.07, 6.45) is 6.64. The first-order valence-electron chi connectivity index (χ1n) is 9.47. The Labute approximate surface area is 155 Å². The van der Waals surface area contributed by atoms with Crippen LogP contribution < -0.4 is 10.1 Å². The second kappa shape index (κ2) is 8.16. The number of aromatic nitrogens is 1. The first-order valence-corrected chi connectivity index (χ1v) is 9.47. The molecule has 1 N–H and O–H groups in total. The van der Waals surface area contributed by atoms with Gasteiger partial charge in [0.1, 0.15) is 5.75 Å². The number of nitrogens with zero attached hydrogens (tertiary/aromatic N) is 2. The maximum absolute atomic E-state index is 5.93. The molecule has 1 atom stereocenters. The number of nitrogens with one attached hydrogen (secondary N) is 1. The molecule has 2 heterocycles. The lowest BCUT2D eigenvalue weighted by molar-refractivity contribution is -0.0301. The van der Waals surface area contributed by atoms with Crippen LogP contribution in [-0.4, -0.2) is 55.4 Å². The molecule has 1 aromatic carbocycles. The van der Waals surface area contributed by atoms with Crippen LogP contribution in [0.25, 0.3) is 11.1 Å². The summed E-state index contributed by atoms with van der Waals surface area (Å²) in [7, 11) is 1.72. The zero-order valence-electron chi connectivity index (χ0n) is 15.4. The minimum absolute atomic E-state index is 0.277. The number of hydrogen-bond acceptors (Lipinski definition) is 5. The molecule has 1 saturated carbocycles.